The van der Waals surface area contributed by atoms with Crippen LogP contribution in [0.3, 0.4) is 0 Å². The first-order valence-corrected chi connectivity index (χ1v) is 9.00. The SMILES string of the molecule is CC(C)(C)[Si]([PH-])(C(C)(C)C)C(C)(C)C. The van der Waals surface area contributed by atoms with Crippen LogP contribution in [0.1, 0.15) is 62.3 Å². The van der Waals surface area contributed by atoms with Gasteiger partial charge in [-0.1, -0.05) is 85.2 Å². The van der Waals surface area contributed by atoms with Crippen molar-refractivity contribution in [2.24, 2.45) is 0 Å². The van der Waals surface area contributed by atoms with E-state index in [1.165, 1.54) is 0 Å². The van der Waals surface area contributed by atoms with Gasteiger partial charge in [0.1, 0.15) is 0 Å². The van der Waals surface area contributed by atoms with Crippen molar-refractivity contribution in [2.45, 2.75) is 77.4 Å². The van der Waals surface area contributed by atoms with Gasteiger partial charge in [-0.05, 0) is 0 Å². The van der Waals surface area contributed by atoms with Crippen LogP contribution in [0.15, 0.2) is 0 Å². The van der Waals surface area contributed by atoms with Crippen molar-refractivity contribution in [3.63, 3.8) is 0 Å². The van der Waals surface area contributed by atoms with Gasteiger partial charge in [0.05, 0.1) is 0 Å². The average Bonchev–Trinajstić information content (AvgIpc) is 1.77. The first-order chi connectivity index (χ1) is 5.75. The van der Waals surface area contributed by atoms with E-state index in [2.05, 4.69) is 71.1 Å². The molecule has 0 aromatic carbocycles. The predicted molar refractivity (Wildman–Crippen MR) is 73.2 cm³/mol. The van der Waals surface area contributed by atoms with E-state index in [4.69, 9.17) is 0 Å². The topological polar surface area (TPSA) is 0 Å². The third kappa shape index (κ3) is 2.24. The van der Waals surface area contributed by atoms with Crippen molar-refractivity contribution in [1.82, 2.24) is 0 Å². The molecule has 2 heteroatoms. The summed E-state index contributed by atoms with van der Waals surface area (Å²) in [7, 11) is 2.70. The van der Waals surface area contributed by atoms with Crippen LogP contribution < -0.4 is 0 Å². The fourth-order valence-electron chi connectivity index (χ4n) is 3.38. The molecule has 0 bridgehead atoms. The smallest absolute Gasteiger partial charge is 0.0648 e. The molecule has 0 unspecified atom stereocenters. The summed E-state index contributed by atoms with van der Waals surface area (Å²) in [5.74, 6) is 0. The van der Waals surface area contributed by atoms with Gasteiger partial charge in [0, 0.05) is 0 Å². The zero-order valence-corrected chi connectivity index (χ0v) is 13.5. The van der Waals surface area contributed by atoms with E-state index in [9.17, 15) is 0 Å². The van der Waals surface area contributed by atoms with E-state index < -0.39 is 7.74 Å². The van der Waals surface area contributed by atoms with Gasteiger partial charge in [-0.25, -0.2) is 0 Å². The van der Waals surface area contributed by atoms with Crippen LogP contribution in [0.5, 0.6) is 0 Å². The Labute approximate surface area is 94.3 Å². The molecule has 14 heavy (non-hydrogen) atoms. The maximum absolute atomic E-state index is 4.25. The molecule has 0 radical (unpaired) electrons. The Hall–Kier alpha value is 0.647. The van der Waals surface area contributed by atoms with Crippen LogP contribution in [-0.4, -0.2) is 7.74 Å². The molecule has 0 heterocycles. The number of hydrogen-bond donors (Lipinski definition) is 0. The lowest BCUT2D eigenvalue weighted by Crippen LogP contribution is -2.53. The van der Waals surface area contributed by atoms with Gasteiger partial charge in [-0.15, -0.1) is 0 Å². The van der Waals surface area contributed by atoms with Crippen molar-refractivity contribution in [2.75, 3.05) is 0 Å². The molecule has 0 atom stereocenters. The zero-order valence-electron chi connectivity index (χ0n) is 11.5. The van der Waals surface area contributed by atoms with Crippen molar-refractivity contribution >= 4 is 16.5 Å². The molecule has 0 amide bonds. The molecular weight excluding hydrogens is 203 g/mol. The highest BCUT2D eigenvalue weighted by molar-refractivity contribution is 7.71. The van der Waals surface area contributed by atoms with E-state index in [-0.39, 0.29) is 0 Å². The highest BCUT2D eigenvalue weighted by Crippen LogP contribution is 2.65. The largest absolute Gasteiger partial charge is 0.557 e. The Bertz CT molecular complexity index is 164. The lowest BCUT2D eigenvalue weighted by atomic mass is 10.2. The van der Waals surface area contributed by atoms with Gasteiger partial charge < -0.3 is 8.79 Å². The lowest BCUT2D eigenvalue weighted by Gasteiger charge is -2.65. The minimum absolute atomic E-state index is 0.375. The molecule has 0 spiro atoms. The first-order valence-electron chi connectivity index (χ1n) is 5.50. The van der Waals surface area contributed by atoms with Crippen molar-refractivity contribution in [3.05, 3.63) is 0 Å². The van der Waals surface area contributed by atoms with Crippen molar-refractivity contribution < 1.29 is 0 Å². The Morgan fingerprint density at radius 3 is 0.714 bits per heavy atom. The molecule has 0 fully saturated rings. The molecule has 0 N–H and O–H groups in total. The van der Waals surface area contributed by atoms with Gasteiger partial charge in [-0.3, -0.25) is 0 Å². The third-order valence-electron chi connectivity index (χ3n) is 3.38. The molecule has 0 aliphatic carbocycles. The van der Waals surface area contributed by atoms with Gasteiger partial charge in [-0.2, -0.15) is 0 Å². The van der Waals surface area contributed by atoms with Crippen LogP contribution in [-0.2, 0) is 0 Å². The Balaban J connectivity index is 5.54. The lowest BCUT2D eigenvalue weighted by molar-refractivity contribution is 0.559. The maximum atomic E-state index is 4.25. The van der Waals surface area contributed by atoms with Gasteiger partial charge in [0.2, 0.25) is 0 Å². The van der Waals surface area contributed by atoms with E-state index in [1.54, 1.807) is 0 Å². The zero-order chi connectivity index (χ0) is 12.0. The minimum Gasteiger partial charge on any atom is -0.557 e. The summed E-state index contributed by atoms with van der Waals surface area (Å²) in [6.45, 7) is 21.4. The molecule has 0 nitrogen and oxygen atoms in total. The van der Waals surface area contributed by atoms with Crippen LogP contribution in [0.4, 0.5) is 0 Å². The molecule has 86 valence electrons. The summed E-state index contributed by atoms with van der Waals surface area (Å²) < 4.78 is 0. The Morgan fingerprint density at radius 1 is 0.571 bits per heavy atom. The van der Waals surface area contributed by atoms with E-state index in [0.717, 1.165) is 0 Å². The molecule has 0 aliphatic heterocycles. The number of rotatable bonds is 0. The third-order valence-corrected chi connectivity index (χ3v) is 16.9. The average molecular weight is 231 g/mol. The molecule has 0 aromatic rings. The Kier molecular flexibility index (Phi) is 3.76. The monoisotopic (exact) mass is 231 g/mol. The van der Waals surface area contributed by atoms with Crippen LogP contribution >= 0.6 is 8.79 Å². The minimum atomic E-state index is -1.55. The normalized spacial score (nSPS) is 15.9. The van der Waals surface area contributed by atoms with E-state index in [0.29, 0.717) is 15.1 Å². The highest BCUT2D eigenvalue weighted by Gasteiger charge is 2.48. The molecule has 0 rings (SSSR count). The Morgan fingerprint density at radius 2 is 0.714 bits per heavy atom. The summed E-state index contributed by atoms with van der Waals surface area (Å²) in [4.78, 5) is 0. The quantitative estimate of drug-likeness (QED) is 0.383. The summed E-state index contributed by atoms with van der Waals surface area (Å²) in [5.41, 5.74) is 0. The van der Waals surface area contributed by atoms with Crippen molar-refractivity contribution in [1.29, 1.82) is 0 Å². The molecular formula is C12H28PSi-. The summed E-state index contributed by atoms with van der Waals surface area (Å²) in [6.07, 6.45) is 0. The highest BCUT2D eigenvalue weighted by atomic mass is 31.3. The van der Waals surface area contributed by atoms with Crippen LogP contribution in [0.2, 0.25) is 15.1 Å². The molecule has 0 aromatic heterocycles. The van der Waals surface area contributed by atoms with E-state index >= 15 is 0 Å². The first kappa shape index (κ1) is 14.6. The second-order valence-electron chi connectivity index (χ2n) is 7.50. The van der Waals surface area contributed by atoms with Crippen LogP contribution in [0.25, 0.3) is 0 Å². The second kappa shape index (κ2) is 3.59. The molecule has 0 saturated heterocycles. The van der Waals surface area contributed by atoms with Gasteiger partial charge in [0.15, 0.2) is 0 Å². The fraction of sp³-hybridized carbons (Fsp3) is 1.00. The van der Waals surface area contributed by atoms with Crippen molar-refractivity contribution in [3.8, 4) is 0 Å². The second-order valence-corrected chi connectivity index (χ2v) is 15.8. The van der Waals surface area contributed by atoms with Crippen LogP contribution in [0, 0.1) is 0 Å². The molecule has 0 aliphatic rings. The summed E-state index contributed by atoms with van der Waals surface area (Å²) in [5, 5.41) is 1.13. The summed E-state index contributed by atoms with van der Waals surface area (Å²) in [6, 6.07) is 0. The molecule has 0 saturated carbocycles. The standard InChI is InChI=1S/C12H28PSi/c1-10(2,3)14(13,11(4,5)6)12(7,8)9/h13H,1-9H3/q-1. The predicted octanol–water partition coefficient (Wildman–Crippen LogP) is 5.48. The van der Waals surface area contributed by atoms with E-state index in [1.807, 2.05) is 0 Å². The fourth-order valence-corrected chi connectivity index (χ4v) is 10.1. The number of hydrogen-bond acceptors (Lipinski definition) is 0. The van der Waals surface area contributed by atoms with Gasteiger partial charge >= 0.3 is 0 Å². The summed E-state index contributed by atoms with van der Waals surface area (Å²) >= 11 is 0. The van der Waals surface area contributed by atoms with Gasteiger partial charge in [0.25, 0.3) is 0 Å². The maximum Gasteiger partial charge on any atom is -0.0648 e.